The predicted molar refractivity (Wildman–Crippen MR) is 66.6 cm³/mol. The van der Waals surface area contributed by atoms with Gasteiger partial charge in [0.15, 0.2) is 0 Å². The van der Waals surface area contributed by atoms with E-state index in [1.807, 2.05) is 27.7 Å². The molecule has 0 fully saturated rings. The zero-order valence-corrected chi connectivity index (χ0v) is 11.2. The molecule has 0 aliphatic heterocycles. The number of nitrogens with one attached hydrogen (secondary N) is 2. The van der Waals surface area contributed by atoms with Gasteiger partial charge in [-0.1, -0.05) is 13.3 Å². The predicted octanol–water partition coefficient (Wildman–Crippen LogP) is 2.29. The Bertz CT molecular complexity index is 200. The molecule has 0 aliphatic rings. The molecular weight excluding hydrogens is 204 g/mol. The summed E-state index contributed by atoms with van der Waals surface area (Å²) < 4.78 is 5.16. The molecule has 1 atom stereocenters. The van der Waals surface area contributed by atoms with E-state index in [9.17, 15) is 4.79 Å². The molecule has 0 aromatic rings. The molecule has 0 aromatic carbocycles. The van der Waals surface area contributed by atoms with Crippen molar-refractivity contribution in [3.8, 4) is 0 Å². The van der Waals surface area contributed by atoms with Gasteiger partial charge in [-0.05, 0) is 40.7 Å². The van der Waals surface area contributed by atoms with E-state index in [1.165, 1.54) is 12.8 Å². The first-order valence-electron chi connectivity index (χ1n) is 6.05. The fourth-order valence-corrected chi connectivity index (χ4v) is 1.18. The maximum absolute atomic E-state index is 11.4. The molecule has 0 radical (unpaired) electrons. The summed E-state index contributed by atoms with van der Waals surface area (Å²) >= 11 is 0. The van der Waals surface area contributed by atoms with Crippen LogP contribution in [0.4, 0.5) is 4.79 Å². The van der Waals surface area contributed by atoms with Crippen molar-refractivity contribution in [2.24, 2.45) is 0 Å². The third kappa shape index (κ3) is 9.77. The largest absolute Gasteiger partial charge is 0.444 e. The molecule has 0 saturated carbocycles. The Labute approximate surface area is 99.1 Å². The van der Waals surface area contributed by atoms with Gasteiger partial charge in [-0.15, -0.1) is 0 Å². The van der Waals surface area contributed by atoms with Gasteiger partial charge in [0.2, 0.25) is 0 Å². The van der Waals surface area contributed by atoms with E-state index < -0.39 is 5.60 Å². The van der Waals surface area contributed by atoms with Crippen molar-refractivity contribution in [2.75, 3.05) is 13.1 Å². The van der Waals surface area contributed by atoms with Crippen LogP contribution in [0.25, 0.3) is 0 Å². The Morgan fingerprint density at radius 2 is 2.00 bits per heavy atom. The number of ether oxygens (including phenoxy) is 1. The van der Waals surface area contributed by atoms with Gasteiger partial charge in [0, 0.05) is 12.6 Å². The van der Waals surface area contributed by atoms with Gasteiger partial charge < -0.3 is 15.4 Å². The molecule has 4 heteroatoms. The molecule has 16 heavy (non-hydrogen) atoms. The quantitative estimate of drug-likeness (QED) is 0.688. The lowest BCUT2D eigenvalue weighted by Gasteiger charge is -2.22. The Balaban J connectivity index is 3.62. The smallest absolute Gasteiger partial charge is 0.407 e. The van der Waals surface area contributed by atoms with Crippen LogP contribution < -0.4 is 10.6 Å². The van der Waals surface area contributed by atoms with Crippen LogP contribution in [-0.4, -0.2) is 30.8 Å². The van der Waals surface area contributed by atoms with E-state index in [4.69, 9.17) is 4.74 Å². The highest BCUT2D eigenvalue weighted by atomic mass is 16.6. The van der Waals surface area contributed by atoms with E-state index in [1.54, 1.807) is 0 Å². The maximum Gasteiger partial charge on any atom is 0.407 e. The van der Waals surface area contributed by atoms with E-state index in [0.717, 1.165) is 13.1 Å². The number of amides is 1. The van der Waals surface area contributed by atoms with Crippen LogP contribution in [0.5, 0.6) is 0 Å². The highest BCUT2D eigenvalue weighted by molar-refractivity contribution is 5.68. The van der Waals surface area contributed by atoms with Crippen LogP contribution in [0.3, 0.4) is 0 Å². The fourth-order valence-electron chi connectivity index (χ4n) is 1.18. The number of carbonyl (C=O) groups is 1. The van der Waals surface area contributed by atoms with Gasteiger partial charge in [0.05, 0.1) is 0 Å². The van der Waals surface area contributed by atoms with E-state index >= 15 is 0 Å². The van der Waals surface area contributed by atoms with Crippen molar-refractivity contribution in [3.05, 3.63) is 0 Å². The number of rotatable bonds is 6. The molecule has 0 heterocycles. The topological polar surface area (TPSA) is 50.4 Å². The second kappa shape index (κ2) is 7.49. The average molecular weight is 230 g/mol. The zero-order valence-electron chi connectivity index (χ0n) is 11.2. The minimum absolute atomic E-state index is 0.0895. The highest BCUT2D eigenvalue weighted by Crippen LogP contribution is 2.06. The van der Waals surface area contributed by atoms with Gasteiger partial charge in [0.1, 0.15) is 5.60 Å². The summed E-state index contributed by atoms with van der Waals surface area (Å²) in [6.07, 6.45) is 2.00. The summed E-state index contributed by atoms with van der Waals surface area (Å²) in [6, 6.07) is 0.0895. The summed E-state index contributed by atoms with van der Waals surface area (Å²) in [5.74, 6) is 0. The van der Waals surface area contributed by atoms with Crippen molar-refractivity contribution in [1.82, 2.24) is 10.6 Å². The Morgan fingerprint density at radius 3 is 2.50 bits per heavy atom. The first-order chi connectivity index (χ1) is 7.35. The molecule has 1 unspecified atom stereocenters. The van der Waals surface area contributed by atoms with Gasteiger partial charge in [-0.2, -0.15) is 0 Å². The van der Waals surface area contributed by atoms with Crippen LogP contribution in [0.2, 0.25) is 0 Å². The third-order valence-corrected chi connectivity index (χ3v) is 1.92. The lowest BCUT2D eigenvalue weighted by molar-refractivity contribution is 0.0508. The summed E-state index contributed by atoms with van der Waals surface area (Å²) in [5, 5.41) is 6.07. The van der Waals surface area contributed by atoms with Gasteiger partial charge in [-0.25, -0.2) is 4.79 Å². The first-order valence-corrected chi connectivity index (χ1v) is 6.05. The highest BCUT2D eigenvalue weighted by Gasteiger charge is 2.17. The maximum atomic E-state index is 11.4. The van der Waals surface area contributed by atoms with Crippen molar-refractivity contribution in [3.63, 3.8) is 0 Å². The number of hydrogen-bond acceptors (Lipinski definition) is 3. The van der Waals surface area contributed by atoms with E-state index in [0.29, 0.717) is 0 Å². The SMILES string of the molecule is CCCCNCC(C)NC(=O)OC(C)(C)C. The summed E-state index contributed by atoms with van der Waals surface area (Å²) in [4.78, 5) is 11.4. The van der Waals surface area contributed by atoms with Gasteiger partial charge in [-0.3, -0.25) is 0 Å². The van der Waals surface area contributed by atoms with Crippen molar-refractivity contribution in [2.45, 2.75) is 59.1 Å². The average Bonchev–Trinajstić information content (AvgIpc) is 2.09. The lowest BCUT2D eigenvalue weighted by Crippen LogP contribution is -2.42. The minimum Gasteiger partial charge on any atom is -0.444 e. The number of unbranched alkanes of at least 4 members (excludes halogenated alkanes) is 1. The molecule has 0 bridgehead atoms. The lowest BCUT2D eigenvalue weighted by atomic mass is 10.2. The van der Waals surface area contributed by atoms with Crippen LogP contribution in [0, 0.1) is 0 Å². The summed E-state index contributed by atoms with van der Waals surface area (Å²) in [6.45, 7) is 11.5. The zero-order chi connectivity index (χ0) is 12.6. The second-order valence-electron chi connectivity index (χ2n) is 5.10. The molecule has 4 nitrogen and oxygen atoms in total. The summed E-state index contributed by atoms with van der Waals surface area (Å²) in [7, 11) is 0. The van der Waals surface area contributed by atoms with Crippen LogP contribution in [-0.2, 0) is 4.74 Å². The first kappa shape index (κ1) is 15.2. The molecule has 0 saturated heterocycles. The number of alkyl carbamates (subject to hydrolysis) is 1. The second-order valence-corrected chi connectivity index (χ2v) is 5.10. The van der Waals surface area contributed by atoms with E-state index in [-0.39, 0.29) is 12.1 Å². The monoisotopic (exact) mass is 230 g/mol. The Kier molecular flexibility index (Phi) is 7.13. The molecule has 96 valence electrons. The number of carbonyl (C=O) groups excluding carboxylic acids is 1. The molecule has 0 spiro atoms. The minimum atomic E-state index is -0.431. The van der Waals surface area contributed by atoms with Gasteiger partial charge >= 0.3 is 6.09 Å². The van der Waals surface area contributed by atoms with Crippen LogP contribution in [0.15, 0.2) is 0 Å². The van der Waals surface area contributed by atoms with Gasteiger partial charge in [0.25, 0.3) is 0 Å². The normalized spacial score (nSPS) is 13.3. The molecular formula is C12H26N2O2. The third-order valence-electron chi connectivity index (χ3n) is 1.92. The Hall–Kier alpha value is -0.770. The van der Waals surface area contributed by atoms with Crippen molar-refractivity contribution < 1.29 is 9.53 Å². The molecule has 2 N–H and O–H groups in total. The standard InChI is InChI=1S/C12H26N2O2/c1-6-7-8-13-9-10(2)14-11(15)16-12(3,4)5/h10,13H,6-9H2,1-5H3,(H,14,15). The summed E-state index contributed by atoms with van der Waals surface area (Å²) in [5.41, 5.74) is -0.431. The van der Waals surface area contributed by atoms with Crippen molar-refractivity contribution in [1.29, 1.82) is 0 Å². The van der Waals surface area contributed by atoms with Crippen LogP contribution >= 0.6 is 0 Å². The fraction of sp³-hybridized carbons (Fsp3) is 0.917. The number of hydrogen-bond donors (Lipinski definition) is 2. The van der Waals surface area contributed by atoms with E-state index in [2.05, 4.69) is 17.6 Å². The molecule has 0 rings (SSSR count). The molecule has 0 aromatic heterocycles. The molecule has 0 aliphatic carbocycles. The van der Waals surface area contributed by atoms with Crippen LogP contribution in [0.1, 0.15) is 47.5 Å². The molecule has 1 amide bonds. The Morgan fingerprint density at radius 1 is 1.38 bits per heavy atom. The van der Waals surface area contributed by atoms with Crippen molar-refractivity contribution >= 4 is 6.09 Å².